The maximum absolute atomic E-state index is 13.7. The van der Waals surface area contributed by atoms with Gasteiger partial charge in [-0.1, -0.05) is 0 Å². The fraction of sp³-hybridized carbons (Fsp3) is 0.333. The Morgan fingerprint density at radius 2 is 1.79 bits per heavy atom. The minimum atomic E-state index is -4.87. The number of hydrogen-bond donors (Lipinski definition) is 1. The number of ether oxygens (including phenoxy) is 2. The zero-order valence-corrected chi connectivity index (χ0v) is 15.7. The second-order valence-corrected chi connectivity index (χ2v) is 8.66. The summed E-state index contributed by atoms with van der Waals surface area (Å²) in [5, 5.41) is 0. The third-order valence-electron chi connectivity index (χ3n) is 4.09. The van der Waals surface area contributed by atoms with Gasteiger partial charge in [0.15, 0.2) is 0 Å². The minimum absolute atomic E-state index is 0.234. The normalized spacial score (nSPS) is 18.9. The number of rotatable bonds is 4. The lowest BCUT2D eigenvalue weighted by molar-refractivity contribution is -0.274. The van der Waals surface area contributed by atoms with Crippen LogP contribution in [-0.4, -0.2) is 20.4 Å². The summed E-state index contributed by atoms with van der Waals surface area (Å²) in [6.45, 7) is 3.54. The molecule has 152 valence electrons. The highest BCUT2D eigenvalue weighted by Gasteiger charge is 2.36. The molecule has 0 spiro atoms. The molecule has 0 radical (unpaired) electrons. The van der Waals surface area contributed by atoms with Crippen molar-refractivity contribution in [2.45, 2.75) is 43.2 Å². The van der Waals surface area contributed by atoms with Gasteiger partial charge in [-0.3, -0.25) is 0 Å². The number of nitrogens with one attached hydrogen (secondary N) is 1. The van der Waals surface area contributed by atoms with E-state index in [1.165, 1.54) is 18.2 Å². The van der Waals surface area contributed by atoms with Crippen LogP contribution in [0.2, 0.25) is 0 Å². The van der Waals surface area contributed by atoms with E-state index < -0.39 is 39.6 Å². The SMILES string of the molecule is CC1(C)CC(NS(=O)(=O)c2ccc(OC(F)(F)F)cc2)c2cc(F)ccc2O1. The molecule has 2 aromatic rings. The standard InChI is InChI=1S/C18H17F4NO4S/c1-17(2)10-15(14-9-11(19)3-8-16(14)27-17)23-28(24,25)13-6-4-12(5-7-13)26-18(20,21)22/h3-9,15,23H,10H2,1-2H3. The molecule has 5 nitrogen and oxygen atoms in total. The first-order chi connectivity index (χ1) is 12.8. The highest BCUT2D eigenvalue weighted by molar-refractivity contribution is 7.89. The van der Waals surface area contributed by atoms with Crippen molar-refractivity contribution in [1.82, 2.24) is 4.72 Å². The molecule has 0 bridgehead atoms. The van der Waals surface area contributed by atoms with E-state index in [4.69, 9.17) is 4.74 Å². The molecule has 10 heteroatoms. The zero-order chi connectivity index (χ0) is 20.7. The largest absolute Gasteiger partial charge is 0.573 e. The summed E-state index contributed by atoms with van der Waals surface area (Å²) in [6.07, 6.45) is -4.64. The summed E-state index contributed by atoms with van der Waals surface area (Å²) in [5.74, 6) is -0.717. The third-order valence-corrected chi connectivity index (χ3v) is 5.58. The summed E-state index contributed by atoms with van der Waals surface area (Å²) in [7, 11) is -4.09. The average Bonchev–Trinajstić information content (AvgIpc) is 2.53. The summed E-state index contributed by atoms with van der Waals surface area (Å²) >= 11 is 0. The van der Waals surface area contributed by atoms with Gasteiger partial charge in [0.05, 0.1) is 10.9 Å². The maximum Gasteiger partial charge on any atom is 0.573 e. The Bertz CT molecular complexity index is 972. The number of alkyl halides is 3. The van der Waals surface area contributed by atoms with Crippen LogP contribution in [0, 0.1) is 5.82 Å². The molecule has 1 atom stereocenters. The van der Waals surface area contributed by atoms with Crippen LogP contribution < -0.4 is 14.2 Å². The number of sulfonamides is 1. The first-order valence-electron chi connectivity index (χ1n) is 8.21. The van der Waals surface area contributed by atoms with E-state index in [9.17, 15) is 26.0 Å². The molecule has 0 aliphatic carbocycles. The lowest BCUT2D eigenvalue weighted by Gasteiger charge is -2.37. The Kier molecular flexibility index (Phi) is 5.05. The van der Waals surface area contributed by atoms with Crippen LogP contribution in [0.4, 0.5) is 17.6 Å². The van der Waals surface area contributed by atoms with Crippen LogP contribution in [0.5, 0.6) is 11.5 Å². The van der Waals surface area contributed by atoms with Crippen LogP contribution in [0.15, 0.2) is 47.4 Å². The molecule has 1 aliphatic rings. The van der Waals surface area contributed by atoms with E-state index in [1.54, 1.807) is 13.8 Å². The van der Waals surface area contributed by atoms with Gasteiger partial charge in [0.25, 0.3) is 0 Å². The van der Waals surface area contributed by atoms with Gasteiger partial charge in [-0.15, -0.1) is 13.2 Å². The van der Waals surface area contributed by atoms with Crippen molar-refractivity contribution in [2.75, 3.05) is 0 Å². The van der Waals surface area contributed by atoms with E-state index in [2.05, 4.69) is 9.46 Å². The van der Waals surface area contributed by atoms with Crippen molar-refractivity contribution < 1.29 is 35.5 Å². The topological polar surface area (TPSA) is 64.6 Å². The second-order valence-electron chi connectivity index (χ2n) is 6.94. The average molecular weight is 419 g/mol. The first kappa shape index (κ1) is 20.4. The van der Waals surface area contributed by atoms with Crippen LogP contribution >= 0.6 is 0 Å². The van der Waals surface area contributed by atoms with Crippen molar-refractivity contribution in [3.8, 4) is 11.5 Å². The first-order valence-corrected chi connectivity index (χ1v) is 9.70. The van der Waals surface area contributed by atoms with Gasteiger partial charge >= 0.3 is 6.36 Å². The highest BCUT2D eigenvalue weighted by Crippen LogP contribution is 2.40. The number of benzene rings is 2. The van der Waals surface area contributed by atoms with Crippen LogP contribution in [0.25, 0.3) is 0 Å². The molecule has 2 aromatic carbocycles. The molecule has 1 heterocycles. The Balaban J connectivity index is 1.87. The van der Waals surface area contributed by atoms with Gasteiger partial charge in [-0.2, -0.15) is 0 Å². The number of fused-ring (bicyclic) bond motifs is 1. The third kappa shape index (κ3) is 4.74. The molecular formula is C18H17F4NO4S. The molecule has 0 saturated carbocycles. The molecular weight excluding hydrogens is 402 g/mol. The molecule has 3 rings (SSSR count). The summed E-state index contributed by atoms with van der Waals surface area (Å²) in [4.78, 5) is -0.246. The smallest absolute Gasteiger partial charge is 0.487 e. The predicted molar refractivity (Wildman–Crippen MR) is 91.9 cm³/mol. The lowest BCUT2D eigenvalue weighted by Crippen LogP contribution is -2.41. The molecule has 1 N–H and O–H groups in total. The van der Waals surface area contributed by atoms with Gasteiger partial charge in [-0.25, -0.2) is 17.5 Å². The van der Waals surface area contributed by atoms with Crippen molar-refractivity contribution in [1.29, 1.82) is 0 Å². The quantitative estimate of drug-likeness (QED) is 0.751. The number of halogens is 4. The van der Waals surface area contributed by atoms with Gasteiger partial charge in [0.1, 0.15) is 22.9 Å². The van der Waals surface area contributed by atoms with Crippen molar-refractivity contribution in [3.63, 3.8) is 0 Å². The molecule has 1 aliphatic heterocycles. The Morgan fingerprint density at radius 1 is 1.14 bits per heavy atom. The van der Waals surface area contributed by atoms with Gasteiger partial charge in [-0.05, 0) is 56.3 Å². The van der Waals surface area contributed by atoms with Crippen molar-refractivity contribution >= 4 is 10.0 Å². The monoisotopic (exact) mass is 419 g/mol. The second kappa shape index (κ2) is 6.93. The van der Waals surface area contributed by atoms with Crippen molar-refractivity contribution in [3.05, 3.63) is 53.8 Å². The van der Waals surface area contributed by atoms with Crippen LogP contribution in [0.1, 0.15) is 31.9 Å². The summed E-state index contributed by atoms with van der Waals surface area (Å²) < 4.78 is 87.7. The zero-order valence-electron chi connectivity index (χ0n) is 14.9. The highest BCUT2D eigenvalue weighted by atomic mass is 32.2. The van der Waals surface area contributed by atoms with E-state index in [1.807, 2.05) is 0 Å². The maximum atomic E-state index is 13.7. The molecule has 0 amide bonds. The predicted octanol–water partition coefficient (Wildman–Crippen LogP) is 4.31. The van der Waals surface area contributed by atoms with Crippen molar-refractivity contribution in [2.24, 2.45) is 0 Å². The molecule has 0 fully saturated rings. The molecule has 28 heavy (non-hydrogen) atoms. The Morgan fingerprint density at radius 3 is 2.39 bits per heavy atom. The fourth-order valence-electron chi connectivity index (χ4n) is 3.01. The molecule has 0 saturated heterocycles. The van der Waals surface area contributed by atoms with Gasteiger partial charge in [0.2, 0.25) is 10.0 Å². The molecule has 1 unspecified atom stereocenters. The van der Waals surface area contributed by atoms with Gasteiger partial charge < -0.3 is 9.47 Å². The molecule has 0 aromatic heterocycles. The fourth-order valence-corrected chi connectivity index (χ4v) is 4.22. The van der Waals surface area contributed by atoms with E-state index in [0.717, 1.165) is 24.3 Å². The van der Waals surface area contributed by atoms with E-state index >= 15 is 0 Å². The summed E-state index contributed by atoms with van der Waals surface area (Å²) in [6, 6.07) is 6.87. The van der Waals surface area contributed by atoms with Crippen LogP contribution in [-0.2, 0) is 10.0 Å². The van der Waals surface area contributed by atoms with E-state index in [-0.39, 0.29) is 11.3 Å². The minimum Gasteiger partial charge on any atom is -0.487 e. The Labute approximate surface area is 159 Å². The van der Waals surface area contributed by atoms with E-state index in [0.29, 0.717) is 11.3 Å². The number of hydrogen-bond acceptors (Lipinski definition) is 4. The van der Waals surface area contributed by atoms with Crippen LogP contribution in [0.3, 0.4) is 0 Å². The Hall–Kier alpha value is -2.33. The lowest BCUT2D eigenvalue weighted by atomic mass is 9.90. The summed E-state index contributed by atoms with van der Waals surface area (Å²) in [5.41, 5.74) is -0.359. The van der Waals surface area contributed by atoms with Gasteiger partial charge in [0, 0.05) is 12.0 Å².